The molecule has 1 atom stereocenters. The van der Waals surface area contributed by atoms with Gasteiger partial charge in [0.15, 0.2) is 0 Å². The Labute approximate surface area is 179 Å². The van der Waals surface area contributed by atoms with E-state index in [0.717, 1.165) is 24.9 Å². The lowest BCUT2D eigenvalue weighted by Gasteiger charge is -2.32. The molecule has 2 amide bonds. The summed E-state index contributed by atoms with van der Waals surface area (Å²) in [4.78, 5) is 28.5. The van der Waals surface area contributed by atoms with Crippen molar-refractivity contribution in [3.05, 3.63) is 70.7 Å². The molecular weight excluding hydrogens is 396 g/mol. The monoisotopic (exact) mass is 420 g/mol. The van der Waals surface area contributed by atoms with E-state index in [1.165, 1.54) is 4.88 Å². The average molecular weight is 421 g/mol. The number of thiophene rings is 1. The summed E-state index contributed by atoms with van der Waals surface area (Å²) in [6, 6.07) is 13.8. The van der Waals surface area contributed by atoms with E-state index in [-0.39, 0.29) is 23.1 Å². The van der Waals surface area contributed by atoms with Crippen LogP contribution < -0.4 is 5.32 Å². The van der Waals surface area contributed by atoms with Crippen molar-refractivity contribution < 1.29 is 9.59 Å². The number of likely N-dealkylation sites (tertiary alicyclic amines) is 1. The Bertz CT molecular complexity index is 1040. The quantitative estimate of drug-likeness (QED) is 0.687. The summed E-state index contributed by atoms with van der Waals surface area (Å²) in [6.07, 6.45) is 6.15. The van der Waals surface area contributed by atoms with E-state index in [1.807, 2.05) is 52.7 Å². The summed E-state index contributed by atoms with van der Waals surface area (Å²) < 4.78 is 1.73. The van der Waals surface area contributed by atoms with Crippen molar-refractivity contribution in [2.45, 2.75) is 25.8 Å². The maximum Gasteiger partial charge on any atom is 0.257 e. The van der Waals surface area contributed by atoms with Gasteiger partial charge in [-0.3, -0.25) is 9.59 Å². The van der Waals surface area contributed by atoms with Crippen LogP contribution in [-0.2, 0) is 11.3 Å². The van der Waals surface area contributed by atoms with E-state index in [0.29, 0.717) is 25.2 Å². The summed E-state index contributed by atoms with van der Waals surface area (Å²) in [6.45, 7) is 2.01. The maximum atomic E-state index is 12.9. The Balaban J connectivity index is 1.15. The standard InChI is InChI=1S/C23H24N4O2S/c28-21(24-15-19-7-4-12-30-19)20-13-23(20)8-10-26(11-9-23)22(29)17-14-25-27(16-17)18-5-2-1-3-6-18/h1-7,12,14,16,20H,8-11,13,15H2,(H,24,28)/t20-/m1/s1. The van der Waals surface area contributed by atoms with E-state index >= 15 is 0 Å². The first-order valence-electron chi connectivity index (χ1n) is 10.3. The number of para-hydroxylation sites is 1. The molecule has 2 aromatic heterocycles. The fourth-order valence-corrected chi connectivity index (χ4v) is 5.12. The summed E-state index contributed by atoms with van der Waals surface area (Å²) in [5.74, 6) is 0.272. The lowest BCUT2D eigenvalue weighted by molar-refractivity contribution is -0.123. The number of amides is 2. The zero-order valence-corrected chi connectivity index (χ0v) is 17.5. The topological polar surface area (TPSA) is 67.2 Å². The van der Waals surface area contributed by atoms with Gasteiger partial charge in [-0.15, -0.1) is 11.3 Å². The zero-order valence-electron chi connectivity index (χ0n) is 16.7. The molecule has 1 aliphatic heterocycles. The van der Waals surface area contributed by atoms with Gasteiger partial charge in [0.2, 0.25) is 5.91 Å². The second kappa shape index (κ2) is 7.72. The van der Waals surface area contributed by atoms with Gasteiger partial charge in [-0.05, 0) is 48.3 Å². The number of carbonyl (C=O) groups is 2. The van der Waals surface area contributed by atoms with Gasteiger partial charge in [0.25, 0.3) is 5.91 Å². The molecule has 3 aromatic rings. The van der Waals surface area contributed by atoms with Gasteiger partial charge in [-0.2, -0.15) is 5.10 Å². The van der Waals surface area contributed by atoms with Crippen LogP contribution in [0, 0.1) is 11.3 Å². The number of hydrogen-bond acceptors (Lipinski definition) is 4. The van der Waals surface area contributed by atoms with Crippen molar-refractivity contribution in [1.29, 1.82) is 0 Å². The van der Waals surface area contributed by atoms with Crippen LogP contribution in [0.3, 0.4) is 0 Å². The molecule has 30 heavy (non-hydrogen) atoms. The lowest BCUT2D eigenvalue weighted by Crippen LogP contribution is -2.40. The lowest BCUT2D eigenvalue weighted by atomic mass is 9.90. The number of piperidine rings is 1. The first-order valence-corrected chi connectivity index (χ1v) is 11.2. The molecule has 6 nitrogen and oxygen atoms in total. The maximum absolute atomic E-state index is 12.9. The summed E-state index contributed by atoms with van der Waals surface area (Å²) >= 11 is 1.66. The van der Waals surface area contributed by atoms with Gasteiger partial charge < -0.3 is 10.2 Å². The van der Waals surface area contributed by atoms with Crippen LogP contribution in [-0.4, -0.2) is 39.6 Å². The van der Waals surface area contributed by atoms with E-state index in [2.05, 4.69) is 10.4 Å². The van der Waals surface area contributed by atoms with Crippen molar-refractivity contribution in [3.63, 3.8) is 0 Å². The highest BCUT2D eigenvalue weighted by Crippen LogP contribution is 2.59. The number of benzene rings is 1. The molecule has 1 aromatic carbocycles. The van der Waals surface area contributed by atoms with E-state index in [9.17, 15) is 9.59 Å². The molecule has 1 aliphatic carbocycles. The molecular formula is C23H24N4O2S. The molecule has 1 spiro atoms. The number of nitrogens with one attached hydrogen (secondary N) is 1. The fraction of sp³-hybridized carbons (Fsp3) is 0.348. The summed E-state index contributed by atoms with van der Waals surface area (Å²) in [5.41, 5.74) is 1.63. The largest absolute Gasteiger partial charge is 0.351 e. The molecule has 0 bridgehead atoms. The van der Waals surface area contributed by atoms with Crippen molar-refractivity contribution in [1.82, 2.24) is 20.0 Å². The number of carbonyl (C=O) groups excluding carboxylic acids is 2. The first kappa shape index (κ1) is 19.1. The Morgan fingerprint density at radius 1 is 1.13 bits per heavy atom. The molecule has 3 heterocycles. The number of aromatic nitrogens is 2. The van der Waals surface area contributed by atoms with Gasteiger partial charge in [-0.1, -0.05) is 24.3 Å². The fourth-order valence-electron chi connectivity index (χ4n) is 4.47. The first-order chi connectivity index (χ1) is 14.6. The minimum Gasteiger partial charge on any atom is -0.351 e. The number of hydrogen-bond donors (Lipinski definition) is 1. The Hall–Kier alpha value is -2.93. The Morgan fingerprint density at radius 3 is 2.67 bits per heavy atom. The molecule has 2 aliphatic rings. The smallest absolute Gasteiger partial charge is 0.257 e. The molecule has 1 saturated carbocycles. The zero-order chi connectivity index (χ0) is 20.6. The minimum atomic E-state index is 0.0198. The van der Waals surface area contributed by atoms with E-state index in [1.54, 1.807) is 28.4 Å². The third-order valence-electron chi connectivity index (χ3n) is 6.42. The second-order valence-electron chi connectivity index (χ2n) is 8.22. The minimum absolute atomic E-state index is 0.0198. The van der Waals surface area contributed by atoms with Crippen LogP contribution in [0.2, 0.25) is 0 Å². The van der Waals surface area contributed by atoms with Crippen LogP contribution in [0.1, 0.15) is 34.5 Å². The number of nitrogens with zero attached hydrogens (tertiary/aromatic N) is 3. The van der Waals surface area contributed by atoms with Crippen molar-refractivity contribution in [2.75, 3.05) is 13.1 Å². The van der Waals surface area contributed by atoms with Crippen LogP contribution in [0.5, 0.6) is 0 Å². The van der Waals surface area contributed by atoms with Gasteiger partial charge in [-0.25, -0.2) is 4.68 Å². The van der Waals surface area contributed by atoms with Crippen LogP contribution >= 0.6 is 11.3 Å². The third-order valence-corrected chi connectivity index (χ3v) is 7.30. The molecule has 0 radical (unpaired) electrons. The normalized spacial score (nSPS) is 19.6. The van der Waals surface area contributed by atoms with Crippen molar-refractivity contribution >= 4 is 23.2 Å². The highest BCUT2D eigenvalue weighted by molar-refractivity contribution is 7.09. The van der Waals surface area contributed by atoms with Crippen molar-refractivity contribution in [3.8, 4) is 5.69 Å². The van der Waals surface area contributed by atoms with Crippen LogP contribution in [0.4, 0.5) is 0 Å². The van der Waals surface area contributed by atoms with E-state index < -0.39 is 0 Å². The molecule has 0 unspecified atom stereocenters. The van der Waals surface area contributed by atoms with Crippen LogP contribution in [0.25, 0.3) is 5.69 Å². The molecule has 1 saturated heterocycles. The predicted molar refractivity (Wildman–Crippen MR) is 115 cm³/mol. The highest BCUT2D eigenvalue weighted by atomic mass is 32.1. The molecule has 7 heteroatoms. The summed E-state index contributed by atoms with van der Waals surface area (Å²) in [7, 11) is 0. The van der Waals surface area contributed by atoms with Gasteiger partial charge in [0.05, 0.1) is 24.0 Å². The average Bonchev–Trinajstić information content (AvgIpc) is 3.18. The van der Waals surface area contributed by atoms with Crippen LogP contribution in [0.15, 0.2) is 60.2 Å². The second-order valence-corrected chi connectivity index (χ2v) is 9.25. The van der Waals surface area contributed by atoms with Gasteiger partial charge in [0, 0.05) is 30.1 Å². The SMILES string of the molecule is O=C(NCc1cccs1)[C@H]1CC12CCN(C(=O)c1cnn(-c3ccccc3)c1)CC2. The van der Waals surface area contributed by atoms with Crippen molar-refractivity contribution in [2.24, 2.45) is 11.3 Å². The van der Waals surface area contributed by atoms with E-state index in [4.69, 9.17) is 0 Å². The molecule has 1 N–H and O–H groups in total. The molecule has 154 valence electrons. The summed E-state index contributed by atoms with van der Waals surface area (Å²) in [5, 5.41) is 9.44. The Morgan fingerprint density at radius 2 is 1.93 bits per heavy atom. The molecule has 2 fully saturated rings. The van der Waals surface area contributed by atoms with Gasteiger partial charge >= 0.3 is 0 Å². The predicted octanol–water partition coefficient (Wildman–Crippen LogP) is 3.49. The third kappa shape index (κ3) is 3.65. The highest BCUT2D eigenvalue weighted by Gasteiger charge is 2.58. The molecule has 5 rings (SSSR count). The number of rotatable bonds is 5. The Kier molecular flexibility index (Phi) is 4.90. The van der Waals surface area contributed by atoms with Gasteiger partial charge in [0.1, 0.15) is 0 Å².